The molecule has 2 aromatic rings. The molecule has 1 N–H and O–H groups in total. The van der Waals surface area contributed by atoms with E-state index in [1.165, 1.54) is 23.9 Å². The first-order valence-corrected chi connectivity index (χ1v) is 9.46. The van der Waals surface area contributed by atoms with Crippen LogP contribution in [0.2, 0.25) is 0 Å². The molecule has 0 aliphatic rings. The summed E-state index contributed by atoms with van der Waals surface area (Å²) in [5, 5.41) is 2.53. The summed E-state index contributed by atoms with van der Waals surface area (Å²) in [5.41, 5.74) is 0.581. The lowest BCUT2D eigenvalue weighted by molar-refractivity contribution is -0.115. The maximum Gasteiger partial charge on any atom is 0.237 e. The zero-order chi connectivity index (χ0) is 16.2. The van der Waals surface area contributed by atoms with E-state index in [4.69, 9.17) is 0 Å². The normalized spacial score (nSPS) is 12.6. The van der Waals surface area contributed by atoms with Crippen LogP contribution in [0.3, 0.4) is 0 Å². The van der Waals surface area contributed by atoms with Crippen molar-refractivity contribution in [2.75, 3.05) is 11.6 Å². The molecule has 0 heterocycles. The number of hydrogen-bond donors (Lipinski definition) is 1. The molecule has 0 aliphatic carbocycles. The summed E-state index contributed by atoms with van der Waals surface area (Å²) in [5.74, 6) is -0.124. The summed E-state index contributed by atoms with van der Waals surface area (Å²) in [4.78, 5) is 13.4. The second-order valence-electron chi connectivity index (χ2n) is 4.86. The monoisotopic (exact) mass is 335 g/mol. The van der Waals surface area contributed by atoms with Crippen LogP contribution in [-0.4, -0.2) is 25.8 Å². The van der Waals surface area contributed by atoms with Crippen molar-refractivity contribution in [1.82, 2.24) is 0 Å². The van der Waals surface area contributed by atoms with Crippen molar-refractivity contribution in [2.45, 2.75) is 22.0 Å². The fourth-order valence-corrected chi connectivity index (χ4v) is 3.31. The summed E-state index contributed by atoms with van der Waals surface area (Å²) in [6.07, 6.45) is 1.15. The number of nitrogens with one attached hydrogen (secondary N) is 1. The maximum atomic E-state index is 12.1. The zero-order valence-electron chi connectivity index (χ0n) is 12.3. The van der Waals surface area contributed by atoms with E-state index in [-0.39, 0.29) is 16.1 Å². The second-order valence-corrected chi connectivity index (χ2v) is 8.29. The molecule has 2 aromatic carbocycles. The lowest BCUT2D eigenvalue weighted by Gasteiger charge is -2.12. The molecule has 0 aliphatic heterocycles. The summed E-state index contributed by atoms with van der Waals surface area (Å²) in [7, 11) is -3.22. The van der Waals surface area contributed by atoms with Crippen LogP contribution >= 0.6 is 11.8 Å². The number of amides is 1. The molecule has 1 amide bonds. The molecule has 4 nitrogen and oxygen atoms in total. The van der Waals surface area contributed by atoms with Crippen molar-refractivity contribution in [3.8, 4) is 0 Å². The molecule has 0 saturated heterocycles. The smallest absolute Gasteiger partial charge is 0.237 e. The highest BCUT2D eigenvalue weighted by Crippen LogP contribution is 2.24. The third-order valence-electron chi connectivity index (χ3n) is 2.98. The van der Waals surface area contributed by atoms with E-state index in [1.807, 2.05) is 37.3 Å². The number of carbonyl (C=O) groups excluding carboxylic acids is 1. The summed E-state index contributed by atoms with van der Waals surface area (Å²) < 4.78 is 22.8. The molecule has 0 spiro atoms. The van der Waals surface area contributed by atoms with Crippen LogP contribution in [0.1, 0.15) is 6.92 Å². The largest absolute Gasteiger partial charge is 0.325 e. The summed E-state index contributed by atoms with van der Waals surface area (Å²) in [6, 6.07) is 15.8. The van der Waals surface area contributed by atoms with Crippen LogP contribution in [0.15, 0.2) is 64.4 Å². The van der Waals surface area contributed by atoms with Crippen molar-refractivity contribution < 1.29 is 13.2 Å². The Kier molecular flexibility index (Phi) is 5.26. The fourth-order valence-electron chi connectivity index (χ4n) is 1.79. The predicted molar refractivity (Wildman–Crippen MR) is 89.9 cm³/mol. The van der Waals surface area contributed by atoms with Gasteiger partial charge < -0.3 is 5.32 Å². The van der Waals surface area contributed by atoms with Gasteiger partial charge in [-0.1, -0.05) is 18.2 Å². The molecule has 1 unspecified atom stereocenters. The van der Waals surface area contributed by atoms with Gasteiger partial charge >= 0.3 is 0 Å². The van der Waals surface area contributed by atoms with E-state index >= 15 is 0 Å². The predicted octanol–water partition coefficient (Wildman–Crippen LogP) is 3.21. The van der Waals surface area contributed by atoms with Crippen molar-refractivity contribution >= 4 is 33.2 Å². The highest BCUT2D eigenvalue weighted by molar-refractivity contribution is 8.00. The van der Waals surface area contributed by atoms with E-state index in [9.17, 15) is 13.2 Å². The van der Waals surface area contributed by atoms with Gasteiger partial charge in [-0.05, 0) is 43.3 Å². The molecule has 0 saturated carbocycles. The highest BCUT2D eigenvalue weighted by Gasteiger charge is 2.15. The zero-order valence-corrected chi connectivity index (χ0v) is 13.9. The van der Waals surface area contributed by atoms with Gasteiger partial charge in [0.1, 0.15) is 0 Å². The van der Waals surface area contributed by atoms with Gasteiger partial charge in [-0.15, -0.1) is 11.8 Å². The SMILES string of the molecule is CC(Sc1ccccc1)C(=O)Nc1ccc(S(C)(=O)=O)cc1. The average Bonchev–Trinajstić information content (AvgIpc) is 2.48. The molecule has 1 atom stereocenters. The lowest BCUT2D eigenvalue weighted by Crippen LogP contribution is -2.22. The molecular weight excluding hydrogens is 318 g/mol. The molecule has 0 aromatic heterocycles. The molecule has 6 heteroatoms. The van der Waals surface area contributed by atoms with Crippen LogP contribution in [-0.2, 0) is 14.6 Å². The lowest BCUT2D eigenvalue weighted by atomic mass is 10.3. The minimum absolute atomic E-state index is 0.124. The number of thioether (sulfide) groups is 1. The number of rotatable bonds is 5. The summed E-state index contributed by atoms with van der Waals surface area (Å²) >= 11 is 1.47. The Bertz CT molecular complexity index is 741. The van der Waals surface area contributed by atoms with Gasteiger partial charge in [-0.25, -0.2) is 8.42 Å². The second kappa shape index (κ2) is 6.98. The Balaban J connectivity index is 1.99. The molecule has 2 rings (SSSR count). The van der Waals surface area contributed by atoms with Gasteiger partial charge in [0.2, 0.25) is 5.91 Å². The third kappa shape index (κ3) is 4.61. The summed E-state index contributed by atoms with van der Waals surface area (Å²) in [6.45, 7) is 1.83. The average molecular weight is 335 g/mol. The highest BCUT2D eigenvalue weighted by atomic mass is 32.2. The number of sulfone groups is 1. The molecule has 116 valence electrons. The van der Waals surface area contributed by atoms with E-state index in [2.05, 4.69) is 5.32 Å². The van der Waals surface area contributed by atoms with Crippen molar-refractivity contribution in [2.24, 2.45) is 0 Å². The third-order valence-corrected chi connectivity index (χ3v) is 5.22. The van der Waals surface area contributed by atoms with Crippen LogP contribution in [0.25, 0.3) is 0 Å². The Morgan fingerprint density at radius 2 is 1.64 bits per heavy atom. The first-order valence-electron chi connectivity index (χ1n) is 6.69. The van der Waals surface area contributed by atoms with Gasteiger partial charge in [0.05, 0.1) is 10.1 Å². The van der Waals surface area contributed by atoms with Crippen LogP contribution in [0.5, 0.6) is 0 Å². The first kappa shape index (κ1) is 16.6. The number of anilines is 1. The standard InChI is InChI=1S/C16H17NO3S2/c1-12(21-14-6-4-3-5-7-14)16(18)17-13-8-10-15(11-9-13)22(2,19)20/h3-12H,1-2H3,(H,17,18). The fraction of sp³-hybridized carbons (Fsp3) is 0.188. The van der Waals surface area contributed by atoms with Crippen LogP contribution in [0.4, 0.5) is 5.69 Å². The van der Waals surface area contributed by atoms with Gasteiger partial charge in [-0.2, -0.15) is 0 Å². The van der Waals surface area contributed by atoms with Crippen molar-refractivity contribution in [1.29, 1.82) is 0 Å². The maximum absolute atomic E-state index is 12.1. The van der Waals surface area contributed by atoms with Crippen molar-refractivity contribution in [3.05, 3.63) is 54.6 Å². The van der Waals surface area contributed by atoms with Gasteiger partial charge in [0.15, 0.2) is 9.84 Å². The molecule has 0 bridgehead atoms. The van der Waals surface area contributed by atoms with E-state index in [0.717, 1.165) is 11.2 Å². The van der Waals surface area contributed by atoms with Crippen molar-refractivity contribution in [3.63, 3.8) is 0 Å². The quantitative estimate of drug-likeness (QED) is 0.852. The Morgan fingerprint density at radius 1 is 1.05 bits per heavy atom. The van der Waals surface area contributed by atoms with Crippen LogP contribution in [0, 0.1) is 0 Å². The molecule has 0 fully saturated rings. The number of hydrogen-bond acceptors (Lipinski definition) is 4. The number of carbonyl (C=O) groups is 1. The molecule has 0 radical (unpaired) electrons. The Labute approximate surface area is 134 Å². The van der Waals surface area contributed by atoms with Gasteiger partial charge in [-0.3, -0.25) is 4.79 Å². The molecule has 22 heavy (non-hydrogen) atoms. The number of benzene rings is 2. The van der Waals surface area contributed by atoms with Crippen LogP contribution < -0.4 is 5.32 Å². The topological polar surface area (TPSA) is 63.2 Å². The van der Waals surface area contributed by atoms with Gasteiger partial charge in [0, 0.05) is 16.8 Å². The molecular formula is C16H17NO3S2. The Morgan fingerprint density at radius 3 is 2.18 bits per heavy atom. The Hall–Kier alpha value is -1.79. The minimum Gasteiger partial charge on any atom is -0.325 e. The van der Waals surface area contributed by atoms with Gasteiger partial charge in [0.25, 0.3) is 0 Å². The van der Waals surface area contributed by atoms with E-state index in [0.29, 0.717) is 5.69 Å². The van der Waals surface area contributed by atoms with E-state index in [1.54, 1.807) is 12.1 Å². The van der Waals surface area contributed by atoms with E-state index < -0.39 is 9.84 Å². The first-order chi connectivity index (χ1) is 10.4. The minimum atomic E-state index is -3.22.